The fourth-order valence-electron chi connectivity index (χ4n) is 2.58. The Kier molecular flexibility index (Phi) is 4.41. The smallest absolute Gasteiger partial charge is 0.156 e. The summed E-state index contributed by atoms with van der Waals surface area (Å²) < 4.78 is 6.30. The number of rotatable bonds is 5. The molecule has 2 aromatic carbocycles. The molecule has 0 atom stereocenters. The van der Waals surface area contributed by atoms with Crippen molar-refractivity contribution < 1.29 is 4.74 Å². The minimum Gasteiger partial charge on any atom is -0.493 e. The van der Waals surface area contributed by atoms with E-state index in [1.54, 1.807) is 7.11 Å². The summed E-state index contributed by atoms with van der Waals surface area (Å²) in [4.78, 5) is 0. The van der Waals surface area contributed by atoms with Gasteiger partial charge in [-0.3, -0.25) is 0 Å². The first kappa shape index (κ1) is 14.7. The van der Waals surface area contributed by atoms with E-state index in [9.17, 15) is 0 Å². The van der Waals surface area contributed by atoms with Crippen molar-refractivity contribution in [1.29, 1.82) is 0 Å². The molecule has 0 heterocycles. The third-order valence-electron chi connectivity index (χ3n) is 3.75. The summed E-state index contributed by atoms with van der Waals surface area (Å²) in [6.45, 7) is 0.774. The van der Waals surface area contributed by atoms with Gasteiger partial charge in [0, 0.05) is 11.6 Å². The highest BCUT2D eigenvalue weighted by atomic mass is 79.9. The van der Waals surface area contributed by atoms with Gasteiger partial charge in [0.05, 0.1) is 17.3 Å². The molecule has 110 valence electrons. The van der Waals surface area contributed by atoms with Crippen molar-refractivity contribution in [2.24, 2.45) is 0 Å². The topological polar surface area (TPSA) is 21.3 Å². The lowest BCUT2D eigenvalue weighted by Crippen LogP contribution is -2.04. The van der Waals surface area contributed by atoms with Crippen LogP contribution in [0.1, 0.15) is 29.9 Å². The second-order valence-corrected chi connectivity index (χ2v) is 6.59. The number of anilines is 1. The van der Waals surface area contributed by atoms with E-state index in [1.165, 1.54) is 24.0 Å². The third-order valence-corrected chi connectivity index (χ3v) is 4.56. The normalized spacial score (nSPS) is 14.0. The van der Waals surface area contributed by atoms with Crippen LogP contribution >= 0.6 is 27.5 Å². The van der Waals surface area contributed by atoms with E-state index in [4.69, 9.17) is 16.3 Å². The van der Waals surface area contributed by atoms with Gasteiger partial charge in [0.15, 0.2) is 5.75 Å². The van der Waals surface area contributed by atoms with Gasteiger partial charge in [-0.1, -0.05) is 35.9 Å². The maximum Gasteiger partial charge on any atom is 0.156 e. The van der Waals surface area contributed by atoms with Crippen molar-refractivity contribution in [3.8, 4) is 5.75 Å². The summed E-state index contributed by atoms with van der Waals surface area (Å²) in [6.07, 6.45) is 2.62. The van der Waals surface area contributed by atoms with Crippen molar-refractivity contribution in [1.82, 2.24) is 0 Å². The van der Waals surface area contributed by atoms with Crippen LogP contribution in [0.5, 0.6) is 5.75 Å². The first-order valence-electron chi connectivity index (χ1n) is 7.03. The fourth-order valence-corrected chi connectivity index (χ4v) is 3.55. The molecule has 1 N–H and O–H groups in total. The van der Waals surface area contributed by atoms with Crippen LogP contribution < -0.4 is 10.1 Å². The summed E-state index contributed by atoms with van der Waals surface area (Å²) in [5.74, 6) is 1.53. The van der Waals surface area contributed by atoms with Gasteiger partial charge in [-0.15, -0.1) is 0 Å². The Morgan fingerprint density at radius 1 is 1.29 bits per heavy atom. The van der Waals surface area contributed by atoms with Crippen LogP contribution in [0.4, 0.5) is 5.69 Å². The highest BCUT2D eigenvalue weighted by molar-refractivity contribution is 9.10. The largest absolute Gasteiger partial charge is 0.493 e. The van der Waals surface area contributed by atoms with E-state index in [-0.39, 0.29) is 0 Å². The Bertz CT molecular complexity index is 655. The lowest BCUT2D eigenvalue weighted by atomic mass is 10.0. The third kappa shape index (κ3) is 3.35. The predicted molar refractivity (Wildman–Crippen MR) is 91.4 cm³/mol. The molecule has 3 rings (SSSR count). The van der Waals surface area contributed by atoms with Crippen LogP contribution in [0, 0.1) is 0 Å². The molecule has 0 aliphatic heterocycles. The number of nitrogens with one attached hydrogen (secondary N) is 1. The summed E-state index contributed by atoms with van der Waals surface area (Å²) in [5.41, 5.74) is 3.71. The molecule has 1 aliphatic rings. The Labute approximate surface area is 138 Å². The van der Waals surface area contributed by atoms with Gasteiger partial charge in [0.25, 0.3) is 0 Å². The zero-order chi connectivity index (χ0) is 14.8. The maximum atomic E-state index is 6.13. The van der Waals surface area contributed by atoms with Crippen molar-refractivity contribution in [3.63, 3.8) is 0 Å². The van der Waals surface area contributed by atoms with Crippen LogP contribution in [0.2, 0.25) is 5.02 Å². The van der Waals surface area contributed by atoms with Gasteiger partial charge in [-0.25, -0.2) is 0 Å². The summed E-state index contributed by atoms with van der Waals surface area (Å²) in [7, 11) is 1.66. The Hall–Kier alpha value is -1.19. The molecular weight excluding hydrogens is 350 g/mol. The monoisotopic (exact) mass is 365 g/mol. The SMILES string of the molecule is COc1c(Br)cc(Cl)cc1NCc1ccccc1C1CC1. The molecule has 1 aliphatic carbocycles. The van der Waals surface area contributed by atoms with E-state index >= 15 is 0 Å². The average molecular weight is 367 g/mol. The summed E-state index contributed by atoms with van der Waals surface area (Å²) in [5, 5.41) is 4.13. The molecule has 0 unspecified atom stereocenters. The number of hydrogen-bond donors (Lipinski definition) is 1. The van der Waals surface area contributed by atoms with E-state index in [0.717, 1.165) is 28.4 Å². The van der Waals surface area contributed by atoms with Crippen LogP contribution in [-0.2, 0) is 6.54 Å². The summed E-state index contributed by atoms with van der Waals surface area (Å²) in [6, 6.07) is 12.4. The van der Waals surface area contributed by atoms with Crippen molar-refractivity contribution in [2.45, 2.75) is 25.3 Å². The predicted octanol–water partition coefficient (Wildman–Crippen LogP) is 5.60. The van der Waals surface area contributed by atoms with E-state index in [2.05, 4.69) is 45.5 Å². The Morgan fingerprint density at radius 2 is 2.05 bits per heavy atom. The molecule has 1 fully saturated rings. The van der Waals surface area contributed by atoms with Gasteiger partial charge in [0.1, 0.15) is 0 Å². The van der Waals surface area contributed by atoms with Crippen molar-refractivity contribution >= 4 is 33.2 Å². The lowest BCUT2D eigenvalue weighted by Gasteiger charge is -2.15. The van der Waals surface area contributed by atoms with Gasteiger partial charge in [0.2, 0.25) is 0 Å². The van der Waals surface area contributed by atoms with Crippen molar-refractivity contribution in [3.05, 3.63) is 57.0 Å². The molecule has 4 heteroatoms. The number of benzene rings is 2. The van der Waals surface area contributed by atoms with Gasteiger partial charge in [-0.05, 0) is 57.9 Å². The average Bonchev–Trinajstić information content (AvgIpc) is 3.29. The van der Waals surface area contributed by atoms with E-state index < -0.39 is 0 Å². The number of ether oxygens (including phenoxy) is 1. The van der Waals surface area contributed by atoms with Gasteiger partial charge >= 0.3 is 0 Å². The molecular formula is C17H17BrClNO. The summed E-state index contributed by atoms with van der Waals surface area (Å²) >= 11 is 9.61. The first-order chi connectivity index (χ1) is 10.2. The van der Waals surface area contributed by atoms with Crippen LogP contribution in [-0.4, -0.2) is 7.11 Å². The molecule has 0 saturated heterocycles. The fraction of sp³-hybridized carbons (Fsp3) is 0.294. The molecule has 0 radical (unpaired) electrons. The molecule has 2 nitrogen and oxygen atoms in total. The number of hydrogen-bond acceptors (Lipinski definition) is 2. The lowest BCUT2D eigenvalue weighted by molar-refractivity contribution is 0.414. The Morgan fingerprint density at radius 3 is 2.76 bits per heavy atom. The van der Waals surface area contributed by atoms with E-state index in [0.29, 0.717) is 5.02 Å². The van der Waals surface area contributed by atoms with Gasteiger partial charge in [-0.2, -0.15) is 0 Å². The van der Waals surface area contributed by atoms with Crippen LogP contribution in [0.3, 0.4) is 0 Å². The molecule has 2 aromatic rings. The van der Waals surface area contributed by atoms with E-state index in [1.807, 2.05) is 12.1 Å². The Balaban J connectivity index is 1.82. The zero-order valence-electron chi connectivity index (χ0n) is 11.8. The quantitative estimate of drug-likeness (QED) is 0.743. The molecule has 21 heavy (non-hydrogen) atoms. The molecule has 0 amide bonds. The minimum absolute atomic E-state index is 0.681. The molecule has 0 spiro atoms. The first-order valence-corrected chi connectivity index (χ1v) is 8.21. The van der Waals surface area contributed by atoms with Crippen LogP contribution in [0.15, 0.2) is 40.9 Å². The van der Waals surface area contributed by atoms with Crippen LogP contribution in [0.25, 0.3) is 0 Å². The number of methoxy groups -OCH3 is 1. The molecule has 1 saturated carbocycles. The molecule has 0 aromatic heterocycles. The maximum absolute atomic E-state index is 6.13. The number of halogens is 2. The zero-order valence-corrected chi connectivity index (χ0v) is 14.2. The highest BCUT2D eigenvalue weighted by Crippen LogP contribution is 2.42. The second kappa shape index (κ2) is 6.29. The second-order valence-electron chi connectivity index (χ2n) is 5.30. The standard InChI is InChI=1S/C17H17BrClNO/c1-21-17-15(18)8-13(19)9-16(17)20-10-12-4-2-3-5-14(12)11-6-7-11/h2-5,8-9,11,20H,6-7,10H2,1H3. The molecule has 0 bridgehead atoms. The minimum atomic E-state index is 0.681. The van der Waals surface area contributed by atoms with Crippen molar-refractivity contribution in [2.75, 3.05) is 12.4 Å². The van der Waals surface area contributed by atoms with Gasteiger partial charge < -0.3 is 10.1 Å². The highest BCUT2D eigenvalue weighted by Gasteiger charge is 2.25.